The topological polar surface area (TPSA) is 38.9 Å². The van der Waals surface area contributed by atoms with Crippen LogP contribution in [0, 0.1) is 0 Å². The third-order valence-electron chi connectivity index (χ3n) is 9.89. The van der Waals surface area contributed by atoms with Crippen LogP contribution in [0.4, 0.5) is 0 Å². The zero-order chi connectivity index (χ0) is 33.7. The molecule has 0 saturated carbocycles. The van der Waals surface area contributed by atoms with Crippen LogP contribution in [-0.2, 0) is 0 Å². The second kappa shape index (κ2) is 11.9. The Balaban J connectivity index is 1.20. The standard InChI is InChI=1S/C48H30N2O/c1-3-13-34(14-4-1)43-30-44(35-15-5-2-6-16-35)50-48(49-43)41-27-26-40(46-42-28-36-17-7-8-18-37(36)29-45(42)51-47(41)46)33-24-22-32(23-25-33)39-21-11-19-31-12-9-10-20-38(31)39/h1-30H. The maximum atomic E-state index is 6.86. The molecule has 0 bridgehead atoms. The van der Waals surface area contributed by atoms with Crippen LogP contribution in [0.15, 0.2) is 186 Å². The van der Waals surface area contributed by atoms with Crippen LogP contribution in [0.3, 0.4) is 0 Å². The van der Waals surface area contributed by atoms with Gasteiger partial charge in [0.05, 0.1) is 17.0 Å². The van der Waals surface area contributed by atoms with Crippen LogP contribution in [0.2, 0.25) is 0 Å². The van der Waals surface area contributed by atoms with E-state index in [2.05, 4.69) is 146 Å². The first kappa shape index (κ1) is 29.1. The van der Waals surface area contributed by atoms with Gasteiger partial charge in [-0.15, -0.1) is 0 Å². The molecule has 0 unspecified atom stereocenters. The average molecular weight is 651 g/mol. The van der Waals surface area contributed by atoms with E-state index in [0.29, 0.717) is 5.82 Å². The first-order valence-corrected chi connectivity index (χ1v) is 17.2. The van der Waals surface area contributed by atoms with Crippen molar-refractivity contribution in [3.8, 4) is 56.2 Å². The molecule has 0 atom stereocenters. The average Bonchev–Trinajstić information content (AvgIpc) is 3.58. The van der Waals surface area contributed by atoms with Gasteiger partial charge in [-0.05, 0) is 68.1 Å². The number of hydrogen-bond acceptors (Lipinski definition) is 3. The molecule has 10 aromatic rings. The minimum Gasteiger partial charge on any atom is -0.455 e. The third kappa shape index (κ3) is 5.06. The molecule has 0 aliphatic rings. The molecule has 0 aliphatic heterocycles. The third-order valence-corrected chi connectivity index (χ3v) is 9.89. The number of rotatable bonds is 5. The van der Waals surface area contributed by atoms with Crippen molar-refractivity contribution in [1.29, 1.82) is 0 Å². The Morgan fingerprint density at radius 2 is 0.902 bits per heavy atom. The zero-order valence-corrected chi connectivity index (χ0v) is 27.6. The zero-order valence-electron chi connectivity index (χ0n) is 27.6. The quantitative estimate of drug-likeness (QED) is 0.186. The first-order valence-electron chi connectivity index (χ1n) is 17.2. The van der Waals surface area contributed by atoms with E-state index >= 15 is 0 Å². The lowest BCUT2D eigenvalue weighted by atomic mass is 9.93. The van der Waals surface area contributed by atoms with Crippen molar-refractivity contribution < 1.29 is 4.42 Å². The first-order chi connectivity index (χ1) is 25.3. The molecule has 2 aromatic heterocycles. The highest BCUT2D eigenvalue weighted by molar-refractivity contribution is 6.18. The normalized spacial score (nSPS) is 11.5. The summed E-state index contributed by atoms with van der Waals surface area (Å²) in [5.41, 5.74) is 10.9. The Bertz CT molecular complexity index is 2830. The summed E-state index contributed by atoms with van der Waals surface area (Å²) in [5, 5.41) is 6.92. The molecule has 0 radical (unpaired) electrons. The Morgan fingerprint density at radius 3 is 1.59 bits per heavy atom. The monoisotopic (exact) mass is 650 g/mol. The van der Waals surface area contributed by atoms with Crippen molar-refractivity contribution in [2.45, 2.75) is 0 Å². The number of hydrogen-bond donors (Lipinski definition) is 0. The van der Waals surface area contributed by atoms with Crippen molar-refractivity contribution in [2.24, 2.45) is 0 Å². The van der Waals surface area contributed by atoms with Gasteiger partial charge in [-0.1, -0.05) is 158 Å². The van der Waals surface area contributed by atoms with Crippen LogP contribution in [0.5, 0.6) is 0 Å². The number of fused-ring (bicyclic) bond motifs is 5. The summed E-state index contributed by atoms with van der Waals surface area (Å²) >= 11 is 0. The second-order valence-corrected chi connectivity index (χ2v) is 13.0. The fraction of sp³-hybridized carbons (Fsp3) is 0. The Kier molecular flexibility index (Phi) is 6.81. The highest BCUT2D eigenvalue weighted by atomic mass is 16.3. The Labute approximate surface area is 295 Å². The fourth-order valence-corrected chi connectivity index (χ4v) is 7.37. The fourth-order valence-electron chi connectivity index (χ4n) is 7.37. The molecule has 3 heteroatoms. The van der Waals surface area contributed by atoms with E-state index in [-0.39, 0.29) is 0 Å². The number of aromatic nitrogens is 2. The maximum absolute atomic E-state index is 6.86. The molecule has 0 fully saturated rings. The summed E-state index contributed by atoms with van der Waals surface area (Å²) in [5.74, 6) is 0.627. The van der Waals surface area contributed by atoms with Crippen molar-refractivity contribution in [3.05, 3.63) is 182 Å². The van der Waals surface area contributed by atoms with Crippen molar-refractivity contribution in [1.82, 2.24) is 9.97 Å². The molecule has 0 spiro atoms. The van der Waals surface area contributed by atoms with Gasteiger partial charge in [0.25, 0.3) is 0 Å². The van der Waals surface area contributed by atoms with Crippen molar-refractivity contribution in [3.63, 3.8) is 0 Å². The second-order valence-electron chi connectivity index (χ2n) is 13.0. The van der Waals surface area contributed by atoms with Crippen LogP contribution < -0.4 is 0 Å². The van der Waals surface area contributed by atoms with Gasteiger partial charge in [-0.3, -0.25) is 0 Å². The lowest BCUT2D eigenvalue weighted by Crippen LogP contribution is -1.96. The van der Waals surface area contributed by atoms with Crippen molar-refractivity contribution in [2.75, 3.05) is 0 Å². The molecule has 0 N–H and O–H groups in total. The summed E-state index contributed by atoms with van der Waals surface area (Å²) in [6.45, 7) is 0. The van der Waals surface area contributed by atoms with Gasteiger partial charge in [0.2, 0.25) is 0 Å². The van der Waals surface area contributed by atoms with Gasteiger partial charge in [-0.2, -0.15) is 0 Å². The van der Waals surface area contributed by atoms with Gasteiger partial charge in [0.15, 0.2) is 5.82 Å². The summed E-state index contributed by atoms with van der Waals surface area (Å²) < 4.78 is 6.86. The summed E-state index contributed by atoms with van der Waals surface area (Å²) in [6, 6.07) is 63.8. The smallest absolute Gasteiger partial charge is 0.164 e. The Hall–Kier alpha value is -6.84. The summed E-state index contributed by atoms with van der Waals surface area (Å²) in [7, 11) is 0. The van der Waals surface area contributed by atoms with Gasteiger partial charge in [0, 0.05) is 21.9 Å². The predicted octanol–water partition coefficient (Wildman–Crippen LogP) is 13.0. The molecule has 2 heterocycles. The van der Waals surface area contributed by atoms with Gasteiger partial charge < -0.3 is 4.42 Å². The van der Waals surface area contributed by atoms with Gasteiger partial charge in [-0.25, -0.2) is 9.97 Å². The molecular formula is C48H30N2O. The van der Waals surface area contributed by atoms with E-state index in [9.17, 15) is 0 Å². The number of benzene rings is 8. The molecule has 238 valence electrons. The van der Waals surface area contributed by atoms with Crippen molar-refractivity contribution >= 4 is 43.5 Å². The minimum absolute atomic E-state index is 0.627. The largest absolute Gasteiger partial charge is 0.455 e. The highest BCUT2D eigenvalue weighted by Gasteiger charge is 2.21. The molecule has 51 heavy (non-hydrogen) atoms. The lowest BCUT2D eigenvalue weighted by molar-refractivity contribution is 0.670. The minimum atomic E-state index is 0.627. The van der Waals surface area contributed by atoms with E-state index in [1.54, 1.807) is 0 Å². The van der Waals surface area contributed by atoms with Crippen LogP contribution in [0.25, 0.3) is 99.6 Å². The molecule has 3 nitrogen and oxygen atoms in total. The lowest BCUT2D eigenvalue weighted by Gasteiger charge is -2.12. The highest BCUT2D eigenvalue weighted by Crippen LogP contribution is 2.43. The molecule has 8 aromatic carbocycles. The van der Waals surface area contributed by atoms with Crippen LogP contribution in [0.1, 0.15) is 0 Å². The van der Waals surface area contributed by atoms with Gasteiger partial charge in [0.1, 0.15) is 11.2 Å². The van der Waals surface area contributed by atoms with Gasteiger partial charge >= 0.3 is 0 Å². The van der Waals surface area contributed by atoms with Crippen LogP contribution in [-0.4, -0.2) is 9.97 Å². The van der Waals surface area contributed by atoms with Crippen LogP contribution >= 0.6 is 0 Å². The molecule has 0 saturated heterocycles. The van der Waals surface area contributed by atoms with E-state index < -0.39 is 0 Å². The molecular weight excluding hydrogens is 621 g/mol. The Morgan fingerprint density at radius 1 is 0.353 bits per heavy atom. The molecule has 0 aliphatic carbocycles. The number of furan rings is 1. The molecule has 0 amide bonds. The predicted molar refractivity (Wildman–Crippen MR) is 212 cm³/mol. The summed E-state index contributed by atoms with van der Waals surface area (Å²) in [6.07, 6.45) is 0. The van der Waals surface area contributed by atoms with E-state index in [4.69, 9.17) is 14.4 Å². The van der Waals surface area contributed by atoms with E-state index in [1.165, 1.54) is 27.3 Å². The SMILES string of the molecule is c1ccc(-c2cc(-c3ccccc3)nc(-c3ccc(-c4ccc(-c5cccc6ccccc56)cc4)c4c3oc3cc5ccccc5cc34)n2)cc1. The van der Waals surface area contributed by atoms with E-state index in [0.717, 1.165) is 66.5 Å². The summed E-state index contributed by atoms with van der Waals surface area (Å²) in [4.78, 5) is 10.4. The van der Waals surface area contributed by atoms with E-state index in [1.807, 2.05) is 36.4 Å². The molecule has 10 rings (SSSR count). The maximum Gasteiger partial charge on any atom is 0.164 e. The number of nitrogens with zero attached hydrogens (tertiary/aromatic N) is 2.